The summed E-state index contributed by atoms with van der Waals surface area (Å²) in [7, 11) is 0. The van der Waals surface area contributed by atoms with Crippen molar-refractivity contribution in [2.75, 3.05) is 0 Å². The summed E-state index contributed by atoms with van der Waals surface area (Å²) >= 11 is 0. The molecule has 1 aliphatic rings. The Kier molecular flexibility index (Phi) is 4.75. The number of nitrogens with zero attached hydrogens (tertiary/aromatic N) is 4. The van der Waals surface area contributed by atoms with Gasteiger partial charge in [-0.15, -0.1) is 0 Å². The number of fused-ring (bicyclic) bond motifs is 1. The minimum atomic E-state index is -0.546. The summed E-state index contributed by atoms with van der Waals surface area (Å²) in [6, 6.07) is 10.4. The number of hydrogen-bond donors (Lipinski definition) is 0. The van der Waals surface area contributed by atoms with E-state index in [0.29, 0.717) is 24.3 Å². The van der Waals surface area contributed by atoms with E-state index in [9.17, 15) is 19.3 Å². The number of nitro groups is 1. The Morgan fingerprint density at radius 1 is 1.17 bits per heavy atom. The number of carbonyl (C=O) groups excluding carboxylic acids is 1. The second kappa shape index (κ2) is 7.38. The molecule has 8 heteroatoms. The third-order valence-corrected chi connectivity index (χ3v) is 4.90. The molecule has 0 radical (unpaired) electrons. The summed E-state index contributed by atoms with van der Waals surface area (Å²) in [6.07, 6.45) is 1.57. The third kappa shape index (κ3) is 3.82. The molecule has 0 atom stereocenters. The second-order valence-electron chi connectivity index (χ2n) is 6.95. The molecule has 0 saturated carbocycles. The fraction of sp³-hybridized carbons (Fsp3) is 0.190. The molecule has 1 amide bonds. The molecule has 1 aliphatic heterocycles. The predicted octanol–water partition coefficient (Wildman–Crippen LogP) is 3.58. The first-order valence-electron chi connectivity index (χ1n) is 9.03. The molecule has 0 unspecified atom stereocenters. The molecule has 1 aromatic carbocycles. The van der Waals surface area contributed by atoms with Gasteiger partial charge in [-0.05, 0) is 54.4 Å². The monoisotopic (exact) mass is 392 g/mol. The van der Waals surface area contributed by atoms with Crippen molar-refractivity contribution in [2.45, 2.75) is 26.4 Å². The number of carbonyl (C=O) groups is 1. The van der Waals surface area contributed by atoms with Gasteiger partial charge in [-0.2, -0.15) is 0 Å². The van der Waals surface area contributed by atoms with Gasteiger partial charge >= 0.3 is 0 Å². The maximum Gasteiger partial charge on any atom is 0.291 e. The van der Waals surface area contributed by atoms with Crippen LogP contribution < -0.4 is 0 Å². The maximum atomic E-state index is 13.2. The Labute approximate surface area is 166 Å². The standard InChI is InChI=1S/C21H17FN4O3/c1-13-8-15-11-25(12-16(15)10-23-13)21(27)9-19-20(26(28)29)7-6-18(24-19)14-2-4-17(22)5-3-14/h2-8,10H,9,11-12H2,1H3. The minimum absolute atomic E-state index is 0.0899. The first kappa shape index (κ1) is 18.7. The van der Waals surface area contributed by atoms with Crippen molar-refractivity contribution in [2.24, 2.45) is 0 Å². The SMILES string of the molecule is Cc1cc2c(cn1)CN(C(=O)Cc1nc(-c3ccc(F)cc3)ccc1[N+](=O)[O-])C2. The highest BCUT2D eigenvalue weighted by molar-refractivity contribution is 5.80. The molecular formula is C21H17FN4O3. The number of halogens is 1. The van der Waals surface area contributed by atoms with Gasteiger partial charge in [0.1, 0.15) is 11.5 Å². The highest BCUT2D eigenvalue weighted by Gasteiger charge is 2.27. The zero-order chi connectivity index (χ0) is 20.5. The summed E-state index contributed by atoms with van der Waals surface area (Å²) in [4.78, 5) is 33.9. The van der Waals surface area contributed by atoms with E-state index in [1.807, 2.05) is 13.0 Å². The largest absolute Gasteiger partial charge is 0.334 e. The Morgan fingerprint density at radius 2 is 1.90 bits per heavy atom. The average molecular weight is 392 g/mol. The van der Waals surface area contributed by atoms with E-state index in [1.165, 1.54) is 24.3 Å². The van der Waals surface area contributed by atoms with Gasteiger partial charge in [-0.25, -0.2) is 9.37 Å². The highest BCUT2D eigenvalue weighted by Crippen LogP contribution is 2.27. The van der Waals surface area contributed by atoms with Gasteiger partial charge in [-0.3, -0.25) is 19.9 Å². The smallest absolute Gasteiger partial charge is 0.291 e. The summed E-state index contributed by atoms with van der Waals surface area (Å²) in [6.45, 7) is 2.76. The fourth-order valence-electron chi connectivity index (χ4n) is 3.40. The van der Waals surface area contributed by atoms with Crippen LogP contribution in [0.3, 0.4) is 0 Å². The molecule has 0 spiro atoms. The van der Waals surface area contributed by atoms with Crippen LogP contribution in [0.25, 0.3) is 11.3 Å². The van der Waals surface area contributed by atoms with Crippen LogP contribution in [-0.4, -0.2) is 25.7 Å². The number of amides is 1. The molecular weight excluding hydrogens is 375 g/mol. The van der Waals surface area contributed by atoms with E-state index in [2.05, 4.69) is 9.97 Å². The van der Waals surface area contributed by atoms with Crippen LogP contribution in [0.2, 0.25) is 0 Å². The first-order valence-corrected chi connectivity index (χ1v) is 9.03. The van der Waals surface area contributed by atoms with Gasteiger partial charge in [0.25, 0.3) is 5.69 Å². The number of pyridine rings is 2. The average Bonchev–Trinajstić information content (AvgIpc) is 3.11. The topological polar surface area (TPSA) is 89.2 Å². The molecule has 2 aromatic heterocycles. The van der Waals surface area contributed by atoms with Crippen molar-refractivity contribution in [3.63, 3.8) is 0 Å². The molecule has 0 N–H and O–H groups in total. The molecule has 0 bridgehead atoms. The predicted molar refractivity (Wildman–Crippen MR) is 103 cm³/mol. The Balaban J connectivity index is 1.60. The van der Waals surface area contributed by atoms with E-state index in [1.54, 1.807) is 23.2 Å². The van der Waals surface area contributed by atoms with Crippen molar-refractivity contribution in [3.05, 3.63) is 87.1 Å². The minimum Gasteiger partial charge on any atom is -0.334 e. The Bertz CT molecular complexity index is 1120. The van der Waals surface area contributed by atoms with Crippen LogP contribution in [0.15, 0.2) is 48.7 Å². The van der Waals surface area contributed by atoms with Crippen LogP contribution in [-0.2, 0) is 24.3 Å². The number of benzene rings is 1. The zero-order valence-electron chi connectivity index (χ0n) is 15.6. The molecule has 7 nitrogen and oxygen atoms in total. The lowest BCUT2D eigenvalue weighted by molar-refractivity contribution is -0.385. The third-order valence-electron chi connectivity index (χ3n) is 4.90. The first-order chi connectivity index (χ1) is 13.9. The number of hydrogen-bond acceptors (Lipinski definition) is 5. The van der Waals surface area contributed by atoms with Gasteiger partial charge in [0, 0.05) is 36.6 Å². The van der Waals surface area contributed by atoms with E-state index >= 15 is 0 Å². The van der Waals surface area contributed by atoms with Gasteiger partial charge in [-0.1, -0.05) is 0 Å². The van der Waals surface area contributed by atoms with E-state index in [0.717, 1.165) is 16.8 Å². The molecule has 4 rings (SSSR count). The lowest BCUT2D eigenvalue weighted by Gasteiger charge is -2.15. The number of aryl methyl sites for hydroxylation is 1. The fourth-order valence-corrected chi connectivity index (χ4v) is 3.40. The van der Waals surface area contributed by atoms with Gasteiger partial charge < -0.3 is 4.90 Å². The Hall–Kier alpha value is -3.68. The van der Waals surface area contributed by atoms with Crippen molar-refractivity contribution < 1.29 is 14.1 Å². The lowest BCUT2D eigenvalue weighted by Crippen LogP contribution is -2.27. The normalized spacial score (nSPS) is 12.7. The second-order valence-corrected chi connectivity index (χ2v) is 6.95. The molecule has 146 valence electrons. The summed E-state index contributed by atoms with van der Waals surface area (Å²) < 4.78 is 13.2. The van der Waals surface area contributed by atoms with Crippen LogP contribution in [0.4, 0.5) is 10.1 Å². The van der Waals surface area contributed by atoms with Crippen LogP contribution in [0, 0.1) is 22.9 Å². The zero-order valence-corrected chi connectivity index (χ0v) is 15.6. The number of aromatic nitrogens is 2. The quantitative estimate of drug-likeness (QED) is 0.500. The van der Waals surface area contributed by atoms with Crippen LogP contribution in [0.5, 0.6) is 0 Å². The maximum absolute atomic E-state index is 13.2. The molecule has 0 aliphatic carbocycles. The summed E-state index contributed by atoms with van der Waals surface area (Å²) in [5.74, 6) is -0.630. The van der Waals surface area contributed by atoms with Gasteiger partial charge in [0.15, 0.2) is 0 Å². The van der Waals surface area contributed by atoms with Crippen molar-refractivity contribution in [3.8, 4) is 11.3 Å². The van der Waals surface area contributed by atoms with Gasteiger partial charge in [0.2, 0.25) is 5.91 Å². The van der Waals surface area contributed by atoms with E-state index in [4.69, 9.17) is 0 Å². The summed E-state index contributed by atoms with van der Waals surface area (Å²) in [5.41, 5.74) is 3.83. The number of rotatable bonds is 4. The van der Waals surface area contributed by atoms with E-state index < -0.39 is 4.92 Å². The van der Waals surface area contributed by atoms with Crippen molar-refractivity contribution in [1.82, 2.24) is 14.9 Å². The molecule has 0 fully saturated rings. The Morgan fingerprint density at radius 3 is 2.62 bits per heavy atom. The summed E-state index contributed by atoms with van der Waals surface area (Å²) in [5, 5.41) is 11.4. The molecule has 3 heterocycles. The van der Waals surface area contributed by atoms with Crippen molar-refractivity contribution >= 4 is 11.6 Å². The van der Waals surface area contributed by atoms with Crippen LogP contribution >= 0.6 is 0 Å². The molecule has 29 heavy (non-hydrogen) atoms. The lowest BCUT2D eigenvalue weighted by atomic mass is 10.1. The van der Waals surface area contributed by atoms with Gasteiger partial charge in [0.05, 0.1) is 17.0 Å². The van der Waals surface area contributed by atoms with Crippen LogP contribution in [0.1, 0.15) is 22.5 Å². The molecule has 3 aromatic rings. The van der Waals surface area contributed by atoms with Crippen molar-refractivity contribution in [1.29, 1.82) is 0 Å². The molecule has 0 saturated heterocycles. The van der Waals surface area contributed by atoms with E-state index in [-0.39, 0.29) is 29.5 Å². The highest BCUT2D eigenvalue weighted by atomic mass is 19.1.